The van der Waals surface area contributed by atoms with Crippen LogP contribution < -0.4 is 5.73 Å². The fraction of sp³-hybridized carbons (Fsp3) is 0.500. The van der Waals surface area contributed by atoms with Gasteiger partial charge in [0.15, 0.2) is 0 Å². The van der Waals surface area contributed by atoms with Gasteiger partial charge in [0.25, 0.3) is 0 Å². The number of carbonyl (C=O) groups is 1. The van der Waals surface area contributed by atoms with Crippen LogP contribution in [0.15, 0.2) is 24.3 Å². The Balaban J connectivity index is 2.22. The maximum Gasteiger partial charge on any atom is 0.306 e. The first-order valence-corrected chi connectivity index (χ1v) is 6.59. The second kappa shape index (κ2) is 8.11. The van der Waals surface area contributed by atoms with Gasteiger partial charge in [-0.15, -0.1) is 0 Å². The predicted octanol–water partition coefficient (Wildman–Crippen LogP) is 3.15. The minimum absolute atomic E-state index is 0.158. The lowest BCUT2D eigenvalue weighted by Crippen LogP contribution is -2.10. The third kappa shape index (κ3) is 6.03. The number of halogens is 1. The van der Waals surface area contributed by atoms with Crippen LogP contribution >= 0.6 is 11.6 Å². The van der Waals surface area contributed by atoms with Crippen molar-refractivity contribution in [1.29, 1.82) is 0 Å². The van der Waals surface area contributed by atoms with Crippen LogP contribution in [-0.4, -0.2) is 12.5 Å². The van der Waals surface area contributed by atoms with Crippen LogP contribution in [0.5, 0.6) is 0 Å². The van der Waals surface area contributed by atoms with E-state index in [9.17, 15) is 4.79 Å². The molecule has 100 valence electrons. The van der Waals surface area contributed by atoms with E-state index in [1.807, 2.05) is 12.1 Å². The maximum atomic E-state index is 11.5. The van der Waals surface area contributed by atoms with Gasteiger partial charge >= 0.3 is 5.97 Å². The van der Waals surface area contributed by atoms with Gasteiger partial charge in [0, 0.05) is 11.4 Å². The Bertz CT molecular complexity index is 365. The zero-order valence-corrected chi connectivity index (χ0v) is 11.5. The van der Waals surface area contributed by atoms with E-state index in [1.165, 1.54) is 0 Å². The Morgan fingerprint density at radius 1 is 1.33 bits per heavy atom. The quantitative estimate of drug-likeness (QED) is 0.774. The molecule has 1 atom stereocenters. The average Bonchev–Trinajstić information content (AvgIpc) is 2.36. The molecular weight excluding hydrogens is 250 g/mol. The summed E-state index contributed by atoms with van der Waals surface area (Å²) in [6.07, 6.45) is 2.23. The number of benzene rings is 1. The highest BCUT2D eigenvalue weighted by Gasteiger charge is 2.07. The van der Waals surface area contributed by atoms with Crippen molar-refractivity contribution in [3.8, 4) is 0 Å². The zero-order chi connectivity index (χ0) is 13.4. The van der Waals surface area contributed by atoms with Gasteiger partial charge < -0.3 is 10.5 Å². The van der Waals surface area contributed by atoms with Crippen LogP contribution in [0, 0.1) is 5.92 Å². The van der Waals surface area contributed by atoms with Crippen molar-refractivity contribution in [1.82, 2.24) is 0 Å². The summed E-state index contributed by atoms with van der Waals surface area (Å²) in [6, 6.07) is 7.28. The number of carbonyl (C=O) groups excluding carboxylic acids is 1. The summed E-state index contributed by atoms with van der Waals surface area (Å²) in [5.41, 5.74) is 6.40. The van der Waals surface area contributed by atoms with E-state index in [1.54, 1.807) is 12.1 Å². The number of rotatable bonds is 7. The maximum absolute atomic E-state index is 11.5. The molecule has 0 aliphatic carbocycles. The van der Waals surface area contributed by atoms with Crippen molar-refractivity contribution in [3.05, 3.63) is 34.9 Å². The van der Waals surface area contributed by atoms with Crippen LogP contribution in [0.25, 0.3) is 0 Å². The van der Waals surface area contributed by atoms with Gasteiger partial charge in [-0.25, -0.2) is 0 Å². The van der Waals surface area contributed by atoms with Crippen molar-refractivity contribution in [2.24, 2.45) is 11.7 Å². The molecule has 0 spiro atoms. The molecule has 0 aliphatic rings. The van der Waals surface area contributed by atoms with E-state index in [0.29, 0.717) is 30.5 Å². The third-order valence-corrected chi connectivity index (χ3v) is 3.07. The van der Waals surface area contributed by atoms with E-state index in [2.05, 4.69) is 6.92 Å². The van der Waals surface area contributed by atoms with E-state index in [0.717, 1.165) is 18.4 Å². The highest BCUT2D eigenvalue weighted by Crippen LogP contribution is 2.12. The predicted molar refractivity (Wildman–Crippen MR) is 73.3 cm³/mol. The molecule has 3 nitrogen and oxygen atoms in total. The minimum Gasteiger partial charge on any atom is -0.461 e. The van der Waals surface area contributed by atoms with E-state index < -0.39 is 0 Å². The van der Waals surface area contributed by atoms with Gasteiger partial charge in [0.2, 0.25) is 0 Å². The Labute approximate surface area is 113 Å². The summed E-state index contributed by atoms with van der Waals surface area (Å²) in [4.78, 5) is 11.5. The highest BCUT2D eigenvalue weighted by molar-refractivity contribution is 6.30. The molecule has 0 fully saturated rings. The second-order valence-corrected chi connectivity index (χ2v) is 4.94. The summed E-state index contributed by atoms with van der Waals surface area (Å²) in [5.74, 6) is 0.312. The van der Waals surface area contributed by atoms with Crippen molar-refractivity contribution >= 4 is 17.6 Å². The lowest BCUT2D eigenvalue weighted by molar-refractivity contribution is -0.145. The minimum atomic E-state index is -0.158. The molecule has 0 bridgehead atoms. The molecule has 2 N–H and O–H groups in total. The molecule has 0 radical (unpaired) electrons. The fourth-order valence-corrected chi connectivity index (χ4v) is 1.74. The smallest absolute Gasteiger partial charge is 0.306 e. The molecule has 1 aromatic carbocycles. The molecule has 1 aromatic rings. The number of hydrogen-bond acceptors (Lipinski definition) is 3. The standard InChI is InChI=1S/C14H20ClNO2/c1-11(8-9-16)2-7-14(17)18-10-12-3-5-13(15)6-4-12/h3-6,11H,2,7-10,16H2,1H3. The first-order chi connectivity index (χ1) is 8.61. The van der Waals surface area contributed by atoms with E-state index >= 15 is 0 Å². The molecule has 1 rings (SSSR count). The van der Waals surface area contributed by atoms with Crippen LogP contribution in [0.4, 0.5) is 0 Å². The van der Waals surface area contributed by atoms with Gasteiger partial charge in [-0.1, -0.05) is 30.7 Å². The third-order valence-electron chi connectivity index (χ3n) is 2.81. The summed E-state index contributed by atoms with van der Waals surface area (Å²) in [6.45, 7) is 3.07. The average molecular weight is 270 g/mol. The van der Waals surface area contributed by atoms with Crippen molar-refractivity contribution in [2.45, 2.75) is 32.8 Å². The highest BCUT2D eigenvalue weighted by atomic mass is 35.5. The lowest BCUT2D eigenvalue weighted by atomic mass is 10.0. The van der Waals surface area contributed by atoms with Gasteiger partial charge in [-0.3, -0.25) is 4.79 Å². The van der Waals surface area contributed by atoms with Gasteiger partial charge in [0.05, 0.1) is 0 Å². The number of nitrogens with two attached hydrogens (primary N) is 1. The van der Waals surface area contributed by atoms with Crippen LogP contribution in [0.3, 0.4) is 0 Å². The normalized spacial score (nSPS) is 12.2. The van der Waals surface area contributed by atoms with Crippen LogP contribution in [0.1, 0.15) is 31.7 Å². The molecule has 0 amide bonds. The molecule has 0 aromatic heterocycles. The van der Waals surface area contributed by atoms with Crippen LogP contribution in [0.2, 0.25) is 5.02 Å². The Morgan fingerprint density at radius 2 is 2.00 bits per heavy atom. The van der Waals surface area contributed by atoms with Crippen molar-refractivity contribution in [3.63, 3.8) is 0 Å². The SMILES string of the molecule is CC(CCN)CCC(=O)OCc1ccc(Cl)cc1. The molecule has 0 aliphatic heterocycles. The largest absolute Gasteiger partial charge is 0.461 e. The first kappa shape index (κ1) is 15.0. The Hall–Kier alpha value is -1.06. The fourth-order valence-electron chi connectivity index (χ4n) is 1.61. The van der Waals surface area contributed by atoms with Gasteiger partial charge in [-0.05, 0) is 43.0 Å². The van der Waals surface area contributed by atoms with Gasteiger partial charge in [-0.2, -0.15) is 0 Å². The van der Waals surface area contributed by atoms with E-state index in [-0.39, 0.29) is 5.97 Å². The van der Waals surface area contributed by atoms with Crippen molar-refractivity contribution in [2.75, 3.05) is 6.54 Å². The molecule has 18 heavy (non-hydrogen) atoms. The molecule has 4 heteroatoms. The number of hydrogen-bond donors (Lipinski definition) is 1. The van der Waals surface area contributed by atoms with E-state index in [4.69, 9.17) is 22.1 Å². The Morgan fingerprint density at radius 3 is 2.61 bits per heavy atom. The second-order valence-electron chi connectivity index (χ2n) is 4.51. The molecule has 0 heterocycles. The first-order valence-electron chi connectivity index (χ1n) is 6.22. The number of esters is 1. The zero-order valence-electron chi connectivity index (χ0n) is 10.7. The molecule has 0 saturated carbocycles. The molecule has 1 unspecified atom stereocenters. The lowest BCUT2D eigenvalue weighted by Gasteiger charge is -2.09. The molecular formula is C14H20ClNO2. The topological polar surface area (TPSA) is 52.3 Å². The summed E-state index contributed by atoms with van der Waals surface area (Å²) >= 11 is 5.77. The monoisotopic (exact) mass is 269 g/mol. The summed E-state index contributed by atoms with van der Waals surface area (Å²) < 4.78 is 5.18. The molecule has 0 saturated heterocycles. The summed E-state index contributed by atoms with van der Waals surface area (Å²) in [7, 11) is 0. The van der Waals surface area contributed by atoms with Crippen LogP contribution in [-0.2, 0) is 16.1 Å². The van der Waals surface area contributed by atoms with Gasteiger partial charge in [0.1, 0.15) is 6.61 Å². The number of ether oxygens (including phenoxy) is 1. The van der Waals surface area contributed by atoms with Crippen molar-refractivity contribution < 1.29 is 9.53 Å². The summed E-state index contributed by atoms with van der Waals surface area (Å²) in [5, 5.41) is 0.681. The Kier molecular flexibility index (Phi) is 6.76.